The highest BCUT2D eigenvalue weighted by molar-refractivity contribution is 5.89. The first-order valence-corrected chi connectivity index (χ1v) is 7.49. The summed E-state index contributed by atoms with van der Waals surface area (Å²) < 4.78 is 0. The van der Waals surface area contributed by atoms with Crippen LogP contribution < -0.4 is 4.90 Å². The second-order valence-corrected chi connectivity index (χ2v) is 6.67. The molecule has 2 aliphatic rings. The van der Waals surface area contributed by atoms with Gasteiger partial charge in [-0.2, -0.15) is 5.26 Å². The Balaban J connectivity index is 1.83. The summed E-state index contributed by atoms with van der Waals surface area (Å²) in [6.07, 6.45) is 6.80. The van der Waals surface area contributed by atoms with E-state index in [4.69, 9.17) is 0 Å². The van der Waals surface area contributed by atoms with Gasteiger partial charge < -0.3 is 4.90 Å². The lowest BCUT2D eigenvalue weighted by Gasteiger charge is -2.49. The molecule has 2 heterocycles. The van der Waals surface area contributed by atoms with Gasteiger partial charge in [-0.1, -0.05) is 13.8 Å². The minimum Gasteiger partial charge on any atom is -0.355 e. The van der Waals surface area contributed by atoms with E-state index in [2.05, 4.69) is 20.9 Å². The minimum absolute atomic E-state index is 0.124. The van der Waals surface area contributed by atoms with Gasteiger partial charge in [0.05, 0.1) is 12.3 Å². The molecule has 1 aromatic rings. The van der Waals surface area contributed by atoms with Crippen molar-refractivity contribution in [3.8, 4) is 6.07 Å². The van der Waals surface area contributed by atoms with Gasteiger partial charge >= 0.3 is 0 Å². The molecule has 5 heteroatoms. The van der Waals surface area contributed by atoms with E-state index in [1.165, 1.54) is 0 Å². The number of Topliss-reactive ketones (excluding diaryl/α,β-unsaturated/α-hetero) is 1. The van der Waals surface area contributed by atoms with Gasteiger partial charge in [0, 0.05) is 30.9 Å². The molecule has 5 nitrogen and oxygen atoms in total. The van der Waals surface area contributed by atoms with Gasteiger partial charge in [-0.25, -0.2) is 4.98 Å². The summed E-state index contributed by atoms with van der Waals surface area (Å²) in [6, 6.07) is 2.20. The van der Waals surface area contributed by atoms with E-state index in [0.29, 0.717) is 18.3 Å². The van der Waals surface area contributed by atoms with Crippen molar-refractivity contribution in [1.82, 2.24) is 9.97 Å². The lowest BCUT2D eigenvalue weighted by atomic mass is 9.57. The van der Waals surface area contributed by atoms with Gasteiger partial charge in [-0.05, 0) is 24.7 Å². The van der Waals surface area contributed by atoms with Crippen LogP contribution in [-0.4, -0.2) is 28.8 Å². The second kappa shape index (κ2) is 5.10. The summed E-state index contributed by atoms with van der Waals surface area (Å²) >= 11 is 0. The van der Waals surface area contributed by atoms with Crippen molar-refractivity contribution in [2.24, 2.45) is 23.2 Å². The molecule has 110 valence electrons. The number of carbonyl (C=O) groups excluding carboxylic acids is 1. The van der Waals surface area contributed by atoms with Crippen LogP contribution in [0.1, 0.15) is 26.7 Å². The number of piperidine rings is 1. The van der Waals surface area contributed by atoms with E-state index in [0.717, 1.165) is 25.3 Å². The van der Waals surface area contributed by atoms with E-state index >= 15 is 0 Å². The van der Waals surface area contributed by atoms with Crippen LogP contribution in [-0.2, 0) is 4.79 Å². The highest BCUT2D eigenvalue weighted by Gasteiger charge is 2.50. The Bertz CT molecular complexity index is 578. The average Bonchev–Trinajstić information content (AvgIpc) is 2.51. The average molecular weight is 284 g/mol. The van der Waals surface area contributed by atoms with E-state index < -0.39 is 11.3 Å². The van der Waals surface area contributed by atoms with Crippen LogP contribution in [0, 0.1) is 34.5 Å². The molecule has 0 spiro atoms. The number of nitriles is 1. The number of nitrogens with zero attached hydrogens (tertiary/aromatic N) is 4. The number of aromatic nitrogens is 2. The summed E-state index contributed by atoms with van der Waals surface area (Å²) in [7, 11) is 0. The zero-order valence-electron chi connectivity index (χ0n) is 12.5. The molecule has 1 aliphatic heterocycles. The Morgan fingerprint density at radius 1 is 1.43 bits per heavy atom. The van der Waals surface area contributed by atoms with E-state index in [1.807, 2.05) is 13.8 Å². The Hall–Kier alpha value is -1.96. The number of anilines is 1. The third-order valence-electron chi connectivity index (χ3n) is 5.18. The normalized spacial score (nSPS) is 31.4. The maximum Gasteiger partial charge on any atom is 0.155 e. The molecule has 0 radical (unpaired) electrons. The van der Waals surface area contributed by atoms with E-state index in [-0.39, 0.29) is 5.78 Å². The Morgan fingerprint density at radius 2 is 2.24 bits per heavy atom. The van der Waals surface area contributed by atoms with Crippen molar-refractivity contribution in [3.05, 3.63) is 18.6 Å². The van der Waals surface area contributed by atoms with Gasteiger partial charge in [-0.3, -0.25) is 9.78 Å². The molecular weight excluding hydrogens is 264 g/mol. The summed E-state index contributed by atoms with van der Waals surface area (Å²) in [4.78, 5) is 23.1. The number of carbonyl (C=O) groups is 1. The van der Waals surface area contributed by atoms with Crippen molar-refractivity contribution < 1.29 is 4.79 Å². The van der Waals surface area contributed by atoms with E-state index in [1.54, 1.807) is 18.6 Å². The second-order valence-electron chi connectivity index (χ2n) is 6.67. The van der Waals surface area contributed by atoms with Crippen molar-refractivity contribution >= 4 is 11.6 Å². The van der Waals surface area contributed by atoms with Gasteiger partial charge in [0.1, 0.15) is 11.7 Å². The predicted octanol–water partition coefficient (Wildman–Crippen LogP) is 2.06. The van der Waals surface area contributed by atoms with Crippen molar-refractivity contribution in [1.29, 1.82) is 5.26 Å². The van der Waals surface area contributed by atoms with Crippen LogP contribution in [0.2, 0.25) is 0 Å². The first-order valence-electron chi connectivity index (χ1n) is 7.49. The Labute approximate surface area is 125 Å². The maximum absolute atomic E-state index is 12.4. The molecule has 1 aliphatic carbocycles. The third-order valence-corrected chi connectivity index (χ3v) is 5.18. The lowest BCUT2D eigenvalue weighted by molar-refractivity contribution is -0.139. The lowest BCUT2D eigenvalue weighted by Crippen LogP contribution is -2.53. The maximum atomic E-state index is 12.4. The van der Waals surface area contributed by atoms with Crippen LogP contribution in [0.3, 0.4) is 0 Å². The first kappa shape index (κ1) is 14.0. The topological polar surface area (TPSA) is 69.9 Å². The summed E-state index contributed by atoms with van der Waals surface area (Å²) in [5.41, 5.74) is -0.391. The quantitative estimate of drug-likeness (QED) is 0.789. The molecule has 3 atom stereocenters. The highest BCUT2D eigenvalue weighted by Crippen LogP contribution is 2.48. The Kier molecular flexibility index (Phi) is 3.40. The molecular formula is C16H20N4O. The van der Waals surface area contributed by atoms with Gasteiger partial charge in [0.25, 0.3) is 0 Å². The van der Waals surface area contributed by atoms with Crippen LogP contribution in [0.4, 0.5) is 5.82 Å². The van der Waals surface area contributed by atoms with Gasteiger partial charge in [-0.15, -0.1) is 0 Å². The number of ketones is 1. The molecule has 1 saturated carbocycles. The molecule has 0 N–H and O–H groups in total. The first-order chi connectivity index (χ1) is 10.0. The fraction of sp³-hybridized carbons (Fsp3) is 0.625. The van der Waals surface area contributed by atoms with Crippen LogP contribution in [0.25, 0.3) is 0 Å². The van der Waals surface area contributed by atoms with Crippen LogP contribution in [0.15, 0.2) is 18.6 Å². The standard InChI is InChI=1S/C16H20N4O/c1-16(2)13-3-6-20(14-9-18-4-5-19-14)10-12(13)7-11(8-17)15(16)21/h4-5,9,11-13H,3,6-7,10H2,1-2H3. The number of fused-ring (bicyclic) bond motifs is 1. The van der Waals surface area contributed by atoms with Crippen LogP contribution in [0.5, 0.6) is 0 Å². The third kappa shape index (κ3) is 2.29. The molecule has 2 fully saturated rings. The van der Waals surface area contributed by atoms with E-state index in [9.17, 15) is 10.1 Å². The monoisotopic (exact) mass is 284 g/mol. The smallest absolute Gasteiger partial charge is 0.155 e. The fourth-order valence-corrected chi connectivity index (χ4v) is 4.04. The van der Waals surface area contributed by atoms with Gasteiger partial charge in [0.2, 0.25) is 0 Å². The number of hydrogen-bond donors (Lipinski definition) is 0. The predicted molar refractivity (Wildman–Crippen MR) is 78.4 cm³/mol. The van der Waals surface area contributed by atoms with Gasteiger partial charge in [0.15, 0.2) is 5.78 Å². The molecule has 1 saturated heterocycles. The number of rotatable bonds is 1. The largest absolute Gasteiger partial charge is 0.355 e. The Morgan fingerprint density at radius 3 is 2.90 bits per heavy atom. The van der Waals surface area contributed by atoms with Crippen molar-refractivity contribution in [2.45, 2.75) is 26.7 Å². The highest BCUT2D eigenvalue weighted by atomic mass is 16.1. The van der Waals surface area contributed by atoms with Crippen molar-refractivity contribution in [3.63, 3.8) is 0 Å². The molecule has 21 heavy (non-hydrogen) atoms. The zero-order chi connectivity index (χ0) is 15.0. The SMILES string of the molecule is CC1(C)C(=O)C(C#N)CC2CN(c3cnccn3)CCC21. The molecule has 0 aromatic carbocycles. The molecule has 1 aromatic heterocycles. The minimum atomic E-state index is -0.456. The summed E-state index contributed by atoms with van der Waals surface area (Å²) in [5.74, 6) is 1.29. The molecule has 3 unspecified atom stereocenters. The molecule has 0 bridgehead atoms. The fourth-order valence-electron chi connectivity index (χ4n) is 4.04. The van der Waals surface area contributed by atoms with Crippen molar-refractivity contribution in [2.75, 3.05) is 18.0 Å². The summed E-state index contributed by atoms with van der Waals surface area (Å²) in [5, 5.41) is 9.26. The van der Waals surface area contributed by atoms with Crippen LogP contribution >= 0.6 is 0 Å². The molecule has 0 amide bonds. The summed E-state index contributed by atoms with van der Waals surface area (Å²) in [6.45, 7) is 5.77. The molecule has 3 rings (SSSR count). The zero-order valence-corrected chi connectivity index (χ0v) is 12.5. The number of hydrogen-bond acceptors (Lipinski definition) is 5.